The highest BCUT2D eigenvalue weighted by Gasteiger charge is 2.05. The summed E-state index contributed by atoms with van der Waals surface area (Å²) in [4.78, 5) is 2.82. The normalized spacial score (nSPS) is 11.7. The monoisotopic (exact) mass is 621 g/mol. The van der Waals surface area contributed by atoms with Gasteiger partial charge in [-0.05, 0) is 51.9 Å². The zero-order valence-corrected chi connectivity index (χ0v) is 31.3. The first-order valence-corrected chi connectivity index (χ1v) is 21.3. The van der Waals surface area contributed by atoms with Crippen molar-refractivity contribution in [2.45, 2.75) is 245 Å². The van der Waals surface area contributed by atoms with E-state index in [2.05, 4.69) is 18.7 Å². The standard InChI is InChI=1S/C42H88N2/c1-3-5-7-9-11-13-15-17-19-21-23-25-27-29-32-36-40-44(42-38-34-31-35-39-43)41-37-33-30-28-26-24-22-20-18-16-14-12-10-8-6-4-2/h3-43H2,1-2H3. The van der Waals surface area contributed by atoms with Gasteiger partial charge in [0.15, 0.2) is 0 Å². The Morgan fingerprint density at radius 3 is 0.636 bits per heavy atom. The molecule has 2 heteroatoms. The number of nitrogens with zero attached hydrogens (tertiary/aromatic N) is 1. The number of unbranched alkanes of at least 4 members (excludes halogenated alkanes) is 33. The third-order valence-corrected chi connectivity index (χ3v) is 10.1. The molecule has 0 atom stereocenters. The van der Waals surface area contributed by atoms with Gasteiger partial charge in [-0.3, -0.25) is 0 Å². The molecule has 0 saturated heterocycles. The van der Waals surface area contributed by atoms with Crippen LogP contribution in [-0.4, -0.2) is 31.1 Å². The summed E-state index contributed by atoms with van der Waals surface area (Å²) in [6.07, 6.45) is 52.0. The Hall–Kier alpha value is -0.0800. The Labute approximate surface area is 281 Å². The first kappa shape index (κ1) is 43.9. The van der Waals surface area contributed by atoms with Gasteiger partial charge in [0.05, 0.1) is 0 Å². The largest absolute Gasteiger partial charge is 0.330 e. The molecule has 0 aliphatic rings. The second kappa shape index (κ2) is 40.9. The highest BCUT2D eigenvalue weighted by molar-refractivity contribution is 4.61. The van der Waals surface area contributed by atoms with E-state index >= 15 is 0 Å². The van der Waals surface area contributed by atoms with Gasteiger partial charge in [0.2, 0.25) is 0 Å². The van der Waals surface area contributed by atoms with E-state index in [9.17, 15) is 0 Å². The van der Waals surface area contributed by atoms with E-state index in [0.29, 0.717) is 0 Å². The van der Waals surface area contributed by atoms with Crippen LogP contribution in [0.2, 0.25) is 0 Å². The summed E-state index contributed by atoms with van der Waals surface area (Å²) in [5, 5.41) is 0. The molecule has 44 heavy (non-hydrogen) atoms. The SMILES string of the molecule is CCCCCCCCCCCCCCCCCCN(CCCCCCN)CCCCCCCCCCCCCCCCCC. The second-order valence-electron chi connectivity index (χ2n) is 14.7. The van der Waals surface area contributed by atoms with Crippen molar-refractivity contribution >= 4 is 0 Å². The average molecular weight is 621 g/mol. The van der Waals surface area contributed by atoms with Crippen LogP contribution in [0.25, 0.3) is 0 Å². The highest BCUT2D eigenvalue weighted by atomic mass is 15.1. The lowest BCUT2D eigenvalue weighted by atomic mass is 10.0. The maximum Gasteiger partial charge on any atom is -0.00187 e. The van der Waals surface area contributed by atoms with Crippen molar-refractivity contribution in [3.8, 4) is 0 Å². The Bertz CT molecular complexity index is 442. The summed E-state index contributed by atoms with van der Waals surface area (Å²) >= 11 is 0. The van der Waals surface area contributed by atoms with Crippen LogP contribution in [0.4, 0.5) is 0 Å². The quantitative estimate of drug-likeness (QED) is 0.0690. The van der Waals surface area contributed by atoms with E-state index in [0.717, 1.165) is 6.54 Å². The second-order valence-corrected chi connectivity index (χ2v) is 14.7. The zero-order chi connectivity index (χ0) is 31.9. The maximum absolute atomic E-state index is 5.71. The van der Waals surface area contributed by atoms with Crippen LogP contribution in [0.5, 0.6) is 0 Å². The fourth-order valence-corrected chi connectivity index (χ4v) is 6.94. The summed E-state index contributed by atoms with van der Waals surface area (Å²) in [5.74, 6) is 0. The predicted octanol–water partition coefficient (Wildman–Crippen LogP) is 14.3. The van der Waals surface area contributed by atoms with Crippen molar-refractivity contribution in [2.75, 3.05) is 26.2 Å². The van der Waals surface area contributed by atoms with Crippen molar-refractivity contribution in [3.63, 3.8) is 0 Å². The smallest absolute Gasteiger partial charge is 0.00187 e. The molecule has 0 spiro atoms. The topological polar surface area (TPSA) is 29.3 Å². The van der Waals surface area contributed by atoms with Crippen molar-refractivity contribution in [1.82, 2.24) is 4.90 Å². The van der Waals surface area contributed by atoms with Crippen LogP contribution < -0.4 is 5.73 Å². The van der Waals surface area contributed by atoms with Gasteiger partial charge in [-0.1, -0.05) is 219 Å². The number of rotatable bonds is 40. The number of nitrogens with two attached hydrogens (primary N) is 1. The molecule has 0 aromatic carbocycles. The summed E-state index contributed by atoms with van der Waals surface area (Å²) < 4.78 is 0. The Balaban J connectivity index is 3.66. The van der Waals surface area contributed by atoms with Gasteiger partial charge in [0, 0.05) is 0 Å². The minimum absolute atomic E-state index is 0.863. The van der Waals surface area contributed by atoms with Gasteiger partial charge in [-0.15, -0.1) is 0 Å². The molecule has 0 unspecified atom stereocenters. The van der Waals surface area contributed by atoms with E-state index in [-0.39, 0.29) is 0 Å². The lowest BCUT2D eigenvalue weighted by Gasteiger charge is -2.22. The van der Waals surface area contributed by atoms with E-state index in [1.165, 1.54) is 251 Å². The van der Waals surface area contributed by atoms with Gasteiger partial charge in [0.25, 0.3) is 0 Å². The van der Waals surface area contributed by atoms with Crippen molar-refractivity contribution in [2.24, 2.45) is 5.73 Å². The van der Waals surface area contributed by atoms with E-state index in [1.807, 2.05) is 0 Å². The van der Waals surface area contributed by atoms with Gasteiger partial charge < -0.3 is 10.6 Å². The fourth-order valence-electron chi connectivity index (χ4n) is 6.94. The molecule has 0 radical (unpaired) electrons. The molecule has 2 N–H and O–H groups in total. The Morgan fingerprint density at radius 2 is 0.432 bits per heavy atom. The molecule has 2 nitrogen and oxygen atoms in total. The Morgan fingerprint density at radius 1 is 0.250 bits per heavy atom. The van der Waals surface area contributed by atoms with Gasteiger partial charge in [-0.25, -0.2) is 0 Å². The van der Waals surface area contributed by atoms with E-state index < -0.39 is 0 Å². The molecule has 266 valence electrons. The van der Waals surface area contributed by atoms with Crippen molar-refractivity contribution < 1.29 is 0 Å². The summed E-state index contributed by atoms with van der Waals surface area (Å²) in [6, 6.07) is 0. The van der Waals surface area contributed by atoms with E-state index in [4.69, 9.17) is 5.73 Å². The highest BCUT2D eigenvalue weighted by Crippen LogP contribution is 2.16. The number of hydrogen-bond acceptors (Lipinski definition) is 2. The van der Waals surface area contributed by atoms with Crippen molar-refractivity contribution in [3.05, 3.63) is 0 Å². The van der Waals surface area contributed by atoms with E-state index in [1.54, 1.807) is 0 Å². The van der Waals surface area contributed by atoms with Crippen LogP contribution in [0.3, 0.4) is 0 Å². The average Bonchev–Trinajstić information content (AvgIpc) is 3.03. The molecule has 0 fully saturated rings. The van der Waals surface area contributed by atoms with Crippen LogP contribution in [0, 0.1) is 0 Å². The third-order valence-electron chi connectivity index (χ3n) is 10.1. The molecule has 0 rings (SSSR count). The molecule has 0 aliphatic heterocycles. The summed E-state index contributed by atoms with van der Waals surface area (Å²) in [7, 11) is 0. The van der Waals surface area contributed by atoms with Crippen LogP contribution in [-0.2, 0) is 0 Å². The lowest BCUT2D eigenvalue weighted by molar-refractivity contribution is 0.254. The predicted molar refractivity (Wildman–Crippen MR) is 203 cm³/mol. The molecule has 0 amide bonds. The van der Waals surface area contributed by atoms with Gasteiger partial charge >= 0.3 is 0 Å². The van der Waals surface area contributed by atoms with Crippen LogP contribution in [0.15, 0.2) is 0 Å². The molecular formula is C42H88N2. The fraction of sp³-hybridized carbons (Fsp3) is 1.00. The van der Waals surface area contributed by atoms with Gasteiger partial charge in [-0.2, -0.15) is 0 Å². The van der Waals surface area contributed by atoms with Crippen molar-refractivity contribution in [1.29, 1.82) is 0 Å². The van der Waals surface area contributed by atoms with Crippen LogP contribution in [0.1, 0.15) is 245 Å². The minimum atomic E-state index is 0.863. The molecule has 0 saturated carbocycles. The maximum atomic E-state index is 5.71. The number of hydrogen-bond donors (Lipinski definition) is 1. The summed E-state index contributed by atoms with van der Waals surface area (Å²) in [6.45, 7) is 9.49. The molecule has 0 heterocycles. The Kier molecular flexibility index (Phi) is 40.9. The third kappa shape index (κ3) is 38.1. The zero-order valence-electron chi connectivity index (χ0n) is 31.3. The molecule has 0 aromatic rings. The molecule has 0 bridgehead atoms. The summed E-state index contributed by atoms with van der Waals surface area (Å²) in [5.41, 5.74) is 5.71. The first-order chi connectivity index (χ1) is 21.8. The molecular weight excluding hydrogens is 532 g/mol. The lowest BCUT2D eigenvalue weighted by Crippen LogP contribution is -2.27. The molecule has 0 aromatic heterocycles. The van der Waals surface area contributed by atoms with Crippen LogP contribution >= 0.6 is 0 Å². The van der Waals surface area contributed by atoms with Gasteiger partial charge in [0.1, 0.15) is 0 Å². The minimum Gasteiger partial charge on any atom is -0.330 e. The molecule has 0 aliphatic carbocycles. The first-order valence-electron chi connectivity index (χ1n) is 21.3.